The maximum atomic E-state index is 12.4. The molecule has 29 heavy (non-hydrogen) atoms. The monoisotopic (exact) mass is 417 g/mol. The lowest BCUT2D eigenvalue weighted by molar-refractivity contribution is 0.0216. The Bertz CT molecular complexity index is 1020. The Kier molecular flexibility index (Phi) is 4.90. The Morgan fingerprint density at radius 1 is 1.31 bits per heavy atom. The molecule has 1 aromatic carbocycles. The van der Waals surface area contributed by atoms with Crippen molar-refractivity contribution in [3.8, 4) is 5.69 Å². The molecular weight excluding hydrogens is 394 g/mol. The third kappa shape index (κ3) is 4.03. The molecule has 1 aliphatic heterocycles. The summed E-state index contributed by atoms with van der Waals surface area (Å²) in [6, 6.07) is 5.94. The van der Waals surface area contributed by atoms with Gasteiger partial charge in [0.15, 0.2) is 5.58 Å². The fourth-order valence-corrected chi connectivity index (χ4v) is 3.62. The molecule has 0 saturated carbocycles. The van der Waals surface area contributed by atoms with E-state index in [4.69, 9.17) is 20.8 Å². The van der Waals surface area contributed by atoms with Gasteiger partial charge < -0.3 is 19.0 Å². The number of hydrogen-bond acceptors (Lipinski definition) is 6. The number of carbonyl (C=O) groups excluding carboxylic acids is 1. The van der Waals surface area contributed by atoms with Crippen LogP contribution in [0.4, 0.5) is 10.8 Å². The third-order valence-corrected chi connectivity index (χ3v) is 4.92. The van der Waals surface area contributed by atoms with E-state index in [0.29, 0.717) is 41.8 Å². The quantitative estimate of drug-likeness (QED) is 0.624. The summed E-state index contributed by atoms with van der Waals surface area (Å²) in [4.78, 5) is 20.8. The van der Waals surface area contributed by atoms with Crippen LogP contribution in [0.2, 0.25) is 5.02 Å². The lowest BCUT2D eigenvalue weighted by atomic mass is 10.2. The summed E-state index contributed by atoms with van der Waals surface area (Å²) in [5.41, 5.74) is 1.51. The van der Waals surface area contributed by atoms with Gasteiger partial charge in [0.25, 0.3) is 6.01 Å². The Hall–Kier alpha value is -2.74. The number of fused-ring (bicyclic) bond motifs is 1. The number of halogens is 1. The molecule has 0 N–H and O–H groups in total. The number of benzene rings is 1. The van der Waals surface area contributed by atoms with Crippen LogP contribution in [0, 0.1) is 0 Å². The minimum atomic E-state index is -0.514. The number of amides is 1. The average Bonchev–Trinajstić information content (AvgIpc) is 3.29. The predicted molar refractivity (Wildman–Crippen MR) is 111 cm³/mol. The molecule has 0 spiro atoms. The average molecular weight is 418 g/mol. The highest BCUT2D eigenvalue weighted by atomic mass is 35.5. The molecule has 154 valence electrons. The van der Waals surface area contributed by atoms with Crippen LogP contribution < -0.4 is 4.90 Å². The number of aromatic nitrogens is 3. The molecule has 1 atom stereocenters. The molecule has 4 rings (SSSR count). The van der Waals surface area contributed by atoms with Crippen LogP contribution in [-0.4, -0.2) is 57.0 Å². The van der Waals surface area contributed by atoms with Crippen LogP contribution in [-0.2, 0) is 4.74 Å². The van der Waals surface area contributed by atoms with Gasteiger partial charge in [0, 0.05) is 43.1 Å². The summed E-state index contributed by atoms with van der Waals surface area (Å²) in [6.45, 7) is 9.29. The molecule has 3 heterocycles. The minimum absolute atomic E-state index is 0.0213. The number of oxazole rings is 1. The van der Waals surface area contributed by atoms with Crippen LogP contribution in [0.3, 0.4) is 0 Å². The van der Waals surface area contributed by atoms with Gasteiger partial charge in [-0.15, -0.1) is 0 Å². The Morgan fingerprint density at radius 2 is 2.10 bits per heavy atom. The second-order valence-corrected chi connectivity index (χ2v) is 8.63. The van der Waals surface area contributed by atoms with Crippen LogP contribution in [0.15, 0.2) is 35.0 Å². The van der Waals surface area contributed by atoms with Gasteiger partial charge in [0.05, 0.1) is 0 Å². The van der Waals surface area contributed by atoms with E-state index >= 15 is 0 Å². The van der Waals surface area contributed by atoms with E-state index in [0.717, 1.165) is 5.69 Å². The van der Waals surface area contributed by atoms with E-state index in [1.54, 1.807) is 27.9 Å². The number of carbonyl (C=O) groups is 1. The Labute approximate surface area is 174 Å². The molecule has 1 unspecified atom stereocenters. The summed E-state index contributed by atoms with van der Waals surface area (Å²) >= 11 is 6.28. The van der Waals surface area contributed by atoms with Crippen molar-refractivity contribution in [1.29, 1.82) is 0 Å². The van der Waals surface area contributed by atoms with Gasteiger partial charge >= 0.3 is 6.09 Å². The third-order valence-electron chi connectivity index (χ3n) is 4.70. The molecule has 1 amide bonds. The van der Waals surface area contributed by atoms with Crippen LogP contribution in [0.5, 0.6) is 0 Å². The van der Waals surface area contributed by atoms with Gasteiger partial charge in [-0.05, 0) is 45.9 Å². The summed E-state index contributed by atoms with van der Waals surface area (Å²) in [7, 11) is 0. The minimum Gasteiger partial charge on any atom is -0.444 e. The largest absolute Gasteiger partial charge is 0.444 e. The lowest BCUT2D eigenvalue weighted by Gasteiger charge is -2.39. The first-order valence-corrected chi connectivity index (χ1v) is 9.94. The second-order valence-electron chi connectivity index (χ2n) is 8.19. The van der Waals surface area contributed by atoms with E-state index in [9.17, 15) is 4.79 Å². The first-order chi connectivity index (χ1) is 13.7. The molecule has 1 aliphatic rings. The molecule has 2 aromatic heterocycles. The smallest absolute Gasteiger partial charge is 0.410 e. The van der Waals surface area contributed by atoms with Gasteiger partial charge in [-0.25, -0.2) is 9.48 Å². The normalized spacial score (nSPS) is 17.8. The van der Waals surface area contributed by atoms with Gasteiger partial charge in [-0.1, -0.05) is 11.6 Å². The lowest BCUT2D eigenvalue weighted by Crippen LogP contribution is -2.54. The molecule has 0 bridgehead atoms. The van der Waals surface area contributed by atoms with Gasteiger partial charge in [0.1, 0.15) is 16.8 Å². The fourth-order valence-electron chi connectivity index (χ4n) is 3.41. The predicted octanol–water partition coefficient (Wildman–Crippen LogP) is 4.11. The number of rotatable bonds is 2. The number of ether oxygens (including phenoxy) is 1. The van der Waals surface area contributed by atoms with Crippen molar-refractivity contribution in [3.05, 3.63) is 35.6 Å². The van der Waals surface area contributed by atoms with E-state index in [1.165, 1.54) is 0 Å². The summed E-state index contributed by atoms with van der Waals surface area (Å²) < 4.78 is 13.3. The Morgan fingerprint density at radius 3 is 2.76 bits per heavy atom. The Balaban J connectivity index is 1.58. The highest BCUT2D eigenvalue weighted by molar-refractivity contribution is 6.31. The molecule has 3 aromatic rings. The summed E-state index contributed by atoms with van der Waals surface area (Å²) in [5.74, 6) is 0. The zero-order valence-electron chi connectivity index (χ0n) is 16.9. The summed E-state index contributed by atoms with van der Waals surface area (Å²) in [5, 5.41) is 4.83. The van der Waals surface area contributed by atoms with Crippen molar-refractivity contribution < 1.29 is 13.9 Å². The van der Waals surface area contributed by atoms with Crippen LogP contribution in [0.1, 0.15) is 27.7 Å². The SMILES string of the molecule is CC1CN(C(=O)OC(C)(C)C)CCN1c1nc2cc(Cl)cc(-n3cccn3)c2o1. The van der Waals surface area contributed by atoms with Crippen molar-refractivity contribution in [2.75, 3.05) is 24.5 Å². The molecular formula is C20H24ClN5O3. The van der Waals surface area contributed by atoms with Crippen molar-refractivity contribution in [1.82, 2.24) is 19.7 Å². The zero-order chi connectivity index (χ0) is 20.8. The van der Waals surface area contributed by atoms with Crippen molar-refractivity contribution >= 4 is 34.8 Å². The second kappa shape index (κ2) is 7.26. The number of nitrogens with zero attached hydrogens (tertiary/aromatic N) is 5. The van der Waals surface area contributed by atoms with E-state index in [2.05, 4.69) is 15.0 Å². The molecule has 0 aliphatic carbocycles. The van der Waals surface area contributed by atoms with E-state index in [-0.39, 0.29) is 12.1 Å². The number of anilines is 1. The van der Waals surface area contributed by atoms with Crippen molar-refractivity contribution in [3.63, 3.8) is 0 Å². The topological polar surface area (TPSA) is 76.6 Å². The molecule has 0 radical (unpaired) electrons. The maximum absolute atomic E-state index is 12.4. The fraction of sp³-hybridized carbons (Fsp3) is 0.450. The van der Waals surface area contributed by atoms with Crippen molar-refractivity contribution in [2.45, 2.75) is 39.3 Å². The number of piperazine rings is 1. The maximum Gasteiger partial charge on any atom is 0.410 e. The van der Waals surface area contributed by atoms with E-state index < -0.39 is 5.60 Å². The molecule has 8 nitrogen and oxygen atoms in total. The van der Waals surface area contributed by atoms with Crippen LogP contribution >= 0.6 is 11.6 Å². The van der Waals surface area contributed by atoms with Gasteiger partial charge in [0.2, 0.25) is 0 Å². The highest BCUT2D eigenvalue weighted by Crippen LogP contribution is 2.31. The summed E-state index contributed by atoms with van der Waals surface area (Å²) in [6.07, 6.45) is 3.23. The first-order valence-electron chi connectivity index (χ1n) is 9.56. The van der Waals surface area contributed by atoms with Crippen LogP contribution in [0.25, 0.3) is 16.8 Å². The van der Waals surface area contributed by atoms with Gasteiger partial charge in [-0.2, -0.15) is 10.1 Å². The molecule has 9 heteroatoms. The first kappa shape index (κ1) is 19.6. The zero-order valence-corrected chi connectivity index (χ0v) is 17.7. The number of hydrogen-bond donors (Lipinski definition) is 0. The van der Waals surface area contributed by atoms with Crippen molar-refractivity contribution in [2.24, 2.45) is 0 Å². The van der Waals surface area contributed by atoms with Gasteiger partial charge in [-0.3, -0.25) is 0 Å². The van der Waals surface area contributed by atoms with E-state index in [1.807, 2.05) is 40.0 Å². The molecule has 1 fully saturated rings. The standard InChI is InChI=1S/C20H24ClN5O3/c1-13-12-24(19(27)29-20(2,3)4)8-9-25(13)18-23-15-10-14(21)11-16(17(15)28-18)26-7-5-6-22-26/h5-7,10-11,13H,8-9,12H2,1-4H3. The molecule has 1 saturated heterocycles. The highest BCUT2D eigenvalue weighted by Gasteiger charge is 2.32.